The van der Waals surface area contributed by atoms with E-state index in [-0.39, 0.29) is 10.6 Å². The fraction of sp³-hybridized carbons (Fsp3) is 0.167. The van der Waals surface area contributed by atoms with Crippen LogP contribution >= 0.6 is 15.9 Å². The molecule has 1 heterocycles. The van der Waals surface area contributed by atoms with Crippen molar-refractivity contribution in [2.75, 3.05) is 11.8 Å². The molecule has 0 amide bonds. The fourth-order valence-corrected chi connectivity index (χ4v) is 3.91. The van der Waals surface area contributed by atoms with E-state index in [1.165, 1.54) is 13.2 Å². The van der Waals surface area contributed by atoms with Crippen molar-refractivity contribution < 1.29 is 17.7 Å². The van der Waals surface area contributed by atoms with Gasteiger partial charge in [0, 0.05) is 21.8 Å². The Morgan fingerprint density at radius 2 is 1.88 bits per heavy atom. The molecule has 0 spiro atoms. The van der Waals surface area contributed by atoms with Crippen molar-refractivity contribution >= 4 is 31.6 Å². The van der Waals surface area contributed by atoms with E-state index >= 15 is 0 Å². The third kappa shape index (κ3) is 3.76. The van der Waals surface area contributed by atoms with Crippen LogP contribution in [-0.4, -0.2) is 20.7 Å². The van der Waals surface area contributed by atoms with E-state index in [0.717, 1.165) is 15.7 Å². The Morgan fingerprint density at radius 1 is 1.12 bits per heavy atom. The standard InChI is InChI=1S/C18H17BrN2O4S/c1-11-8-14(5-6-15(11)19)21-26(22,23)18-7-4-13(10-17(18)24-3)16-9-12(2)20-25-16/h4-10,21H,1-3H3. The van der Waals surface area contributed by atoms with Crippen LogP contribution in [0.25, 0.3) is 11.3 Å². The molecule has 2 aromatic carbocycles. The number of benzene rings is 2. The van der Waals surface area contributed by atoms with Crippen LogP contribution in [0.3, 0.4) is 0 Å². The monoisotopic (exact) mass is 436 g/mol. The van der Waals surface area contributed by atoms with Crippen molar-refractivity contribution in [3.05, 3.63) is 58.2 Å². The Labute approximate surface area is 160 Å². The van der Waals surface area contributed by atoms with Gasteiger partial charge in [-0.05, 0) is 55.8 Å². The maximum Gasteiger partial charge on any atom is 0.265 e. The van der Waals surface area contributed by atoms with Crippen LogP contribution in [0.15, 0.2) is 56.4 Å². The first-order valence-corrected chi connectivity index (χ1v) is 9.98. The van der Waals surface area contributed by atoms with Gasteiger partial charge < -0.3 is 9.26 Å². The van der Waals surface area contributed by atoms with Crippen molar-refractivity contribution in [2.24, 2.45) is 0 Å². The molecule has 0 saturated carbocycles. The summed E-state index contributed by atoms with van der Waals surface area (Å²) < 4.78 is 39.6. The molecule has 26 heavy (non-hydrogen) atoms. The van der Waals surface area contributed by atoms with Gasteiger partial charge in [-0.25, -0.2) is 8.42 Å². The summed E-state index contributed by atoms with van der Waals surface area (Å²) in [5.74, 6) is 0.763. The molecule has 3 aromatic rings. The van der Waals surface area contributed by atoms with Gasteiger partial charge in [0.15, 0.2) is 5.76 Å². The van der Waals surface area contributed by atoms with E-state index in [2.05, 4.69) is 25.8 Å². The molecule has 0 aliphatic rings. The van der Waals surface area contributed by atoms with Crippen LogP contribution in [-0.2, 0) is 10.0 Å². The highest BCUT2D eigenvalue weighted by Gasteiger charge is 2.21. The molecule has 0 radical (unpaired) electrons. The minimum Gasteiger partial charge on any atom is -0.495 e. The molecule has 8 heteroatoms. The van der Waals surface area contributed by atoms with Crippen LogP contribution in [0.2, 0.25) is 0 Å². The maximum atomic E-state index is 12.8. The number of ether oxygens (including phenoxy) is 1. The number of halogens is 1. The van der Waals surface area contributed by atoms with Gasteiger partial charge in [0.25, 0.3) is 10.0 Å². The number of hydrogen-bond acceptors (Lipinski definition) is 5. The van der Waals surface area contributed by atoms with Gasteiger partial charge in [0.1, 0.15) is 10.6 Å². The van der Waals surface area contributed by atoms with Crippen molar-refractivity contribution in [1.82, 2.24) is 5.16 Å². The van der Waals surface area contributed by atoms with Gasteiger partial charge in [-0.15, -0.1) is 0 Å². The minimum atomic E-state index is -3.82. The lowest BCUT2D eigenvalue weighted by molar-refractivity contribution is 0.402. The second-order valence-corrected chi connectivity index (χ2v) is 8.27. The van der Waals surface area contributed by atoms with Gasteiger partial charge in [-0.1, -0.05) is 21.1 Å². The zero-order valence-electron chi connectivity index (χ0n) is 14.4. The van der Waals surface area contributed by atoms with Crippen molar-refractivity contribution in [1.29, 1.82) is 0 Å². The van der Waals surface area contributed by atoms with Gasteiger partial charge in [-0.2, -0.15) is 0 Å². The van der Waals surface area contributed by atoms with E-state index in [1.54, 1.807) is 36.4 Å². The minimum absolute atomic E-state index is 0.0422. The van der Waals surface area contributed by atoms with E-state index in [1.807, 2.05) is 13.8 Å². The summed E-state index contributed by atoms with van der Waals surface area (Å²) in [6, 6.07) is 11.8. The molecule has 0 aliphatic carbocycles. The number of hydrogen-bond donors (Lipinski definition) is 1. The first-order valence-electron chi connectivity index (χ1n) is 7.71. The molecular weight excluding hydrogens is 420 g/mol. The number of aromatic nitrogens is 1. The zero-order valence-corrected chi connectivity index (χ0v) is 16.8. The summed E-state index contributed by atoms with van der Waals surface area (Å²) in [6.45, 7) is 3.70. The van der Waals surface area contributed by atoms with Gasteiger partial charge >= 0.3 is 0 Å². The van der Waals surface area contributed by atoms with Gasteiger partial charge in [-0.3, -0.25) is 4.72 Å². The summed E-state index contributed by atoms with van der Waals surface area (Å²) in [6.07, 6.45) is 0. The quantitative estimate of drug-likeness (QED) is 0.634. The number of anilines is 1. The molecule has 0 atom stereocenters. The molecule has 0 aliphatic heterocycles. The number of nitrogens with one attached hydrogen (secondary N) is 1. The Kier molecular flexibility index (Phi) is 5.06. The van der Waals surface area contributed by atoms with E-state index in [9.17, 15) is 8.42 Å². The predicted octanol–water partition coefficient (Wildman–Crippen LogP) is 4.53. The molecule has 1 N–H and O–H groups in total. The van der Waals surface area contributed by atoms with Crippen molar-refractivity contribution in [2.45, 2.75) is 18.7 Å². The first kappa shape index (κ1) is 18.5. The third-order valence-electron chi connectivity index (χ3n) is 3.78. The average Bonchev–Trinajstić information content (AvgIpc) is 3.04. The molecule has 0 fully saturated rings. The second kappa shape index (κ2) is 7.13. The smallest absolute Gasteiger partial charge is 0.265 e. The fourth-order valence-electron chi connectivity index (χ4n) is 2.46. The lowest BCUT2D eigenvalue weighted by Gasteiger charge is -2.13. The topological polar surface area (TPSA) is 81.4 Å². The number of sulfonamides is 1. The Morgan fingerprint density at radius 3 is 2.50 bits per heavy atom. The van der Waals surface area contributed by atoms with Crippen molar-refractivity contribution in [3.63, 3.8) is 0 Å². The Bertz CT molecular complexity index is 1060. The highest BCUT2D eigenvalue weighted by molar-refractivity contribution is 9.10. The summed E-state index contributed by atoms with van der Waals surface area (Å²) in [5, 5.41) is 3.84. The zero-order chi connectivity index (χ0) is 18.9. The Hall–Kier alpha value is -2.32. The third-order valence-corrected chi connectivity index (χ3v) is 6.09. The lowest BCUT2D eigenvalue weighted by Crippen LogP contribution is -2.14. The molecule has 136 valence electrons. The van der Waals surface area contributed by atoms with Crippen LogP contribution in [0, 0.1) is 13.8 Å². The van der Waals surface area contributed by atoms with Gasteiger partial charge in [0.05, 0.1) is 12.8 Å². The molecule has 0 saturated heterocycles. The maximum absolute atomic E-state index is 12.8. The highest BCUT2D eigenvalue weighted by Crippen LogP contribution is 2.32. The van der Waals surface area contributed by atoms with Crippen LogP contribution in [0.1, 0.15) is 11.3 Å². The molecule has 1 aromatic heterocycles. The van der Waals surface area contributed by atoms with Crippen LogP contribution in [0.5, 0.6) is 5.75 Å². The van der Waals surface area contributed by atoms with E-state index in [4.69, 9.17) is 9.26 Å². The molecule has 0 unspecified atom stereocenters. The van der Waals surface area contributed by atoms with Crippen LogP contribution < -0.4 is 9.46 Å². The normalized spacial score (nSPS) is 11.4. The number of aryl methyl sites for hydroxylation is 2. The second-order valence-electron chi connectivity index (χ2n) is 5.77. The molecule has 0 bridgehead atoms. The largest absolute Gasteiger partial charge is 0.495 e. The predicted molar refractivity (Wildman–Crippen MR) is 103 cm³/mol. The number of rotatable bonds is 5. The number of methoxy groups -OCH3 is 1. The molecular formula is C18H17BrN2O4S. The Balaban J connectivity index is 1.97. The van der Waals surface area contributed by atoms with Crippen LogP contribution in [0.4, 0.5) is 5.69 Å². The average molecular weight is 437 g/mol. The highest BCUT2D eigenvalue weighted by atomic mass is 79.9. The van der Waals surface area contributed by atoms with E-state index in [0.29, 0.717) is 17.0 Å². The summed E-state index contributed by atoms with van der Waals surface area (Å²) in [4.78, 5) is 0.0422. The summed E-state index contributed by atoms with van der Waals surface area (Å²) >= 11 is 3.40. The summed E-state index contributed by atoms with van der Waals surface area (Å²) in [7, 11) is -2.39. The van der Waals surface area contributed by atoms with E-state index < -0.39 is 10.0 Å². The number of nitrogens with zero attached hydrogens (tertiary/aromatic N) is 1. The van der Waals surface area contributed by atoms with Gasteiger partial charge in [0.2, 0.25) is 0 Å². The molecule has 6 nitrogen and oxygen atoms in total. The van der Waals surface area contributed by atoms with Crippen molar-refractivity contribution in [3.8, 4) is 17.1 Å². The first-order chi connectivity index (χ1) is 12.3. The lowest BCUT2D eigenvalue weighted by atomic mass is 10.1. The SMILES string of the molecule is COc1cc(-c2cc(C)no2)ccc1S(=O)(=O)Nc1ccc(Br)c(C)c1. The molecule has 3 rings (SSSR count). The summed E-state index contributed by atoms with van der Waals surface area (Å²) in [5.41, 5.74) is 2.82.